The Kier molecular flexibility index (Phi) is 6.03. The molecule has 2 aromatic rings. The molecule has 30 heavy (non-hydrogen) atoms. The van der Waals surface area contributed by atoms with E-state index in [2.05, 4.69) is 5.10 Å². The normalized spacial score (nSPS) is 18.2. The van der Waals surface area contributed by atoms with Crippen LogP contribution in [0.15, 0.2) is 24.3 Å². The van der Waals surface area contributed by atoms with Crippen LogP contribution in [0.5, 0.6) is 5.75 Å². The van der Waals surface area contributed by atoms with Crippen molar-refractivity contribution in [3.8, 4) is 5.75 Å². The van der Waals surface area contributed by atoms with Gasteiger partial charge in [0, 0.05) is 37.4 Å². The van der Waals surface area contributed by atoms with Gasteiger partial charge in [-0.3, -0.25) is 9.48 Å². The number of carbonyl (C=O) groups is 2. The van der Waals surface area contributed by atoms with Gasteiger partial charge in [0.25, 0.3) is 0 Å². The Hall–Kier alpha value is -2.87. The summed E-state index contributed by atoms with van der Waals surface area (Å²) in [4.78, 5) is 27.2. The Morgan fingerprint density at radius 2 is 2.07 bits per heavy atom. The topological polar surface area (TPSA) is 82.9 Å². The highest BCUT2D eigenvalue weighted by Crippen LogP contribution is 2.27. The molecule has 0 unspecified atom stereocenters. The van der Waals surface area contributed by atoms with E-state index < -0.39 is 5.97 Å². The summed E-state index contributed by atoms with van der Waals surface area (Å²) in [5, 5.41) is 4.59. The summed E-state index contributed by atoms with van der Waals surface area (Å²) >= 11 is 0. The first-order valence-corrected chi connectivity index (χ1v) is 10.4. The first-order chi connectivity index (χ1) is 14.6. The third kappa shape index (κ3) is 4.05. The molecule has 0 aliphatic carbocycles. The molecule has 0 bridgehead atoms. The molecule has 4 rings (SSSR count). The zero-order chi connectivity index (χ0) is 21.1. The van der Waals surface area contributed by atoms with Crippen LogP contribution in [0, 0.1) is 5.92 Å². The van der Waals surface area contributed by atoms with Crippen LogP contribution < -0.4 is 4.74 Å². The number of hydrogen-bond acceptors (Lipinski definition) is 6. The fraction of sp³-hybridized carbons (Fsp3) is 0.500. The highest BCUT2D eigenvalue weighted by atomic mass is 16.5. The lowest BCUT2D eigenvalue weighted by Gasteiger charge is -2.29. The van der Waals surface area contributed by atoms with Crippen molar-refractivity contribution >= 4 is 11.9 Å². The van der Waals surface area contributed by atoms with Gasteiger partial charge in [-0.25, -0.2) is 4.79 Å². The second-order valence-electron chi connectivity index (χ2n) is 7.57. The number of esters is 1. The fourth-order valence-electron chi connectivity index (χ4n) is 4.06. The zero-order valence-corrected chi connectivity index (χ0v) is 17.4. The maximum Gasteiger partial charge on any atom is 0.359 e. The minimum absolute atomic E-state index is 0.0908. The third-order valence-corrected chi connectivity index (χ3v) is 5.68. The number of methoxy groups -OCH3 is 1. The minimum atomic E-state index is -0.444. The van der Waals surface area contributed by atoms with E-state index in [1.54, 1.807) is 14.0 Å². The van der Waals surface area contributed by atoms with Crippen LogP contribution in [0.2, 0.25) is 0 Å². The van der Waals surface area contributed by atoms with E-state index in [9.17, 15) is 9.59 Å². The van der Waals surface area contributed by atoms with Gasteiger partial charge in [0.05, 0.1) is 32.8 Å². The van der Waals surface area contributed by atoms with E-state index in [0.717, 1.165) is 29.0 Å². The van der Waals surface area contributed by atoms with E-state index in [0.29, 0.717) is 45.0 Å². The van der Waals surface area contributed by atoms with Gasteiger partial charge < -0.3 is 19.1 Å². The van der Waals surface area contributed by atoms with Gasteiger partial charge >= 0.3 is 5.97 Å². The van der Waals surface area contributed by atoms with Crippen molar-refractivity contribution in [3.05, 3.63) is 46.8 Å². The number of nitrogens with zero attached hydrogens (tertiary/aromatic N) is 3. The maximum absolute atomic E-state index is 12.9. The molecule has 8 nitrogen and oxygen atoms in total. The predicted octanol–water partition coefficient (Wildman–Crippen LogP) is 2.04. The van der Waals surface area contributed by atoms with Crippen molar-refractivity contribution in [2.75, 3.05) is 33.5 Å². The van der Waals surface area contributed by atoms with Crippen LogP contribution in [0.25, 0.3) is 0 Å². The summed E-state index contributed by atoms with van der Waals surface area (Å²) in [5.74, 6) is 0.349. The van der Waals surface area contributed by atoms with E-state index in [-0.39, 0.29) is 18.4 Å². The third-order valence-electron chi connectivity index (χ3n) is 5.68. The monoisotopic (exact) mass is 413 g/mol. The van der Waals surface area contributed by atoms with E-state index >= 15 is 0 Å². The maximum atomic E-state index is 12.9. The summed E-state index contributed by atoms with van der Waals surface area (Å²) in [6.45, 7) is 4.68. The molecule has 2 aliphatic rings. The van der Waals surface area contributed by atoms with Gasteiger partial charge in [0.15, 0.2) is 5.69 Å². The zero-order valence-electron chi connectivity index (χ0n) is 17.4. The molecule has 1 fully saturated rings. The molecule has 1 aromatic heterocycles. The molecule has 3 heterocycles. The minimum Gasteiger partial charge on any atom is -0.497 e. The Morgan fingerprint density at radius 1 is 1.27 bits per heavy atom. The number of rotatable bonds is 6. The van der Waals surface area contributed by atoms with Gasteiger partial charge in [-0.15, -0.1) is 0 Å². The SMILES string of the molecule is CCOC(=O)c1nn(Cc2ccc(OC)cc2)c2c1CN(C(=O)[C@@H]1CCOC1)CC2. The smallest absolute Gasteiger partial charge is 0.359 e. The number of aromatic nitrogens is 2. The van der Waals surface area contributed by atoms with Gasteiger partial charge in [0.1, 0.15) is 5.75 Å². The van der Waals surface area contributed by atoms with E-state index in [1.807, 2.05) is 33.8 Å². The molecule has 0 spiro atoms. The summed E-state index contributed by atoms with van der Waals surface area (Å²) in [5.41, 5.74) is 3.14. The lowest BCUT2D eigenvalue weighted by molar-refractivity contribution is -0.136. The molecule has 1 atom stereocenters. The molecule has 160 valence electrons. The first kappa shape index (κ1) is 20.4. The average molecular weight is 413 g/mol. The van der Waals surface area contributed by atoms with Crippen LogP contribution in [0.1, 0.15) is 40.7 Å². The quantitative estimate of drug-likeness (QED) is 0.674. The van der Waals surface area contributed by atoms with Crippen molar-refractivity contribution in [1.82, 2.24) is 14.7 Å². The number of fused-ring (bicyclic) bond motifs is 1. The molecule has 0 radical (unpaired) electrons. The number of hydrogen-bond donors (Lipinski definition) is 0. The van der Waals surface area contributed by atoms with Crippen LogP contribution in [-0.2, 0) is 33.8 Å². The van der Waals surface area contributed by atoms with Crippen LogP contribution >= 0.6 is 0 Å². The summed E-state index contributed by atoms with van der Waals surface area (Å²) in [6, 6.07) is 7.77. The summed E-state index contributed by atoms with van der Waals surface area (Å²) in [6.07, 6.45) is 1.40. The predicted molar refractivity (Wildman–Crippen MR) is 108 cm³/mol. The molecule has 1 amide bonds. The lowest BCUT2D eigenvalue weighted by atomic mass is 10.0. The number of amides is 1. The van der Waals surface area contributed by atoms with Crippen molar-refractivity contribution in [1.29, 1.82) is 0 Å². The Bertz CT molecular complexity index is 916. The van der Waals surface area contributed by atoms with Crippen molar-refractivity contribution < 1.29 is 23.8 Å². The van der Waals surface area contributed by atoms with Crippen molar-refractivity contribution in [2.45, 2.75) is 32.9 Å². The average Bonchev–Trinajstić information content (AvgIpc) is 3.42. The fourth-order valence-corrected chi connectivity index (χ4v) is 4.06. The van der Waals surface area contributed by atoms with Crippen molar-refractivity contribution in [3.63, 3.8) is 0 Å². The van der Waals surface area contributed by atoms with Crippen molar-refractivity contribution in [2.24, 2.45) is 5.92 Å². The van der Waals surface area contributed by atoms with Gasteiger partial charge in [-0.2, -0.15) is 5.10 Å². The molecular formula is C22H27N3O5. The Balaban J connectivity index is 1.60. The summed E-state index contributed by atoms with van der Waals surface area (Å²) < 4.78 is 17.7. The Labute approximate surface area is 175 Å². The van der Waals surface area contributed by atoms with Gasteiger partial charge in [-0.1, -0.05) is 12.1 Å². The Morgan fingerprint density at radius 3 is 2.73 bits per heavy atom. The summed E-state index contributed by atoms with van der Waals surface area (Å²) in [7, 11) is 1.63. The second-order valence-corrected chi connectivity index (χ2v) is 7.57. The van der Waals surface area contributed by atoms with Crippen LogP contribution in [0.3, 0.4) is 0 Å². The molecule has 0 saturated carbocycles. The molecule has 8 heteroatoms. The van der Waals surface area contributed by atoms with Crippen LogP contribution in [-0.4, -0.2) is 60.0 Å². The largest absolute Gasteiger partial charge is 0.497 e. The second kappa shape index (κ2) is 8.87. The molecular weight excluding hydrogens is 386 g/mol. The van der Waals surface area contributed by atoms with Gasteiger partial charge in [-0.05, 0) is 31.0 Å². The molecule has 1 saturated heterocycles. The first-order valence-electron chi connectivity index (χ1n) is 10.4. The highest BCUT2D eigenvalue weighted by molar-refractivity contribution is 5.89. The molecule has 0 N–H and O–H groups in total. The number of carbonyl (C=O) groups excluding carboxylic acids is 2. The van der Waals surface area contributed by atoms with E-state index in [4.69, 9.17) is 14.2 Å². The molecule has 1 aromatic carbocycles. The van der Waals surface area contributed by atoms with Crippen LogP contribution in [0.4, 0.5) is 0 Å². The molecule has 2 aliphatic heterocycles. The van der Waals surface area contributed by atoms with Gasteiger partial charge in [0.2, 0.25) is 5.91 Å². The van der Waals surface area contributed by atoms with E-state index in [1.165, 1.54) is 0 Å². The number of ether oxygens (including phenoxy) is 3. The number of benzene rings is 1. The lowest BCUT2D eigenvalue weighted by Crippen LogP contribution is -2.40. The standard InChI is InChI=1S/C22H27N3O5/c1-3-30-22(27)20-18-13-24(21(26)16-9-11-29-14-16)10-8-19(18)25(23-20)12-15-4-6-17(28-2)7-5-15/h4-7,16H,3,8-14H2,1-2H3/t16-/m1/s1. The highest BCUT2D eigenvalue weighted by Gasteiger charge is 2.34.